The average Bonchev–Trinajstić information content (AvgIpc) is 2.66. The number of benzene rings is 2. The van der Waals surface area contributed by atoms with E-state index in [1.807, 2.05) is 0 Å². The second kappa shape index (κ2) is 9.85. The molecule has 8 heteroatoms. The third-order valence-corrected chi connectivity index (χ3v) is 3.94. The van der Waals surface area contributed by atoms with Crippen LogP contribution in [0.1, 0.15) is 5.56 Å². The second-order valence-corrected chi connectivity index (χ2v) is 6.06. The number of amides is 1. The molecule has 0 atom stereocenters. The lowest BCUT2D eigenvalue weighted by atomic mass is 10.2. The Kier molecular flexibility index (Phi) is 7.52. The Balaban J connectivity index is 1.90. The van der Waals surface area contributed by atoms with Gasteiger partial charge in [0.25, 0.3) is 5.91 Å². The van der Waals surface area contributed by atoms with Crippen LogP contribution in [0.5, 0.6) is 11.5 Å². The molecule has 2 rings (SSSR count). The Morgan fingerprint density at radius 1 is 1.07 bits per heavy atom. The van der Waals surface area contributed by atoms with Gasteiger partial charge >= 0.3 is 5.97 Å². The van der Waals surface area contributed by atoms with Crippen LogP contribution in [0.4, 0.5) is 5.69 Å². The molecule has 0 aliphatic carbocycles. The lowest BCUT2D eigenvalue weighted by molar-refractivity contribution is -0.142. The number of halogens is 2. The van der Waals surface area contributed by atoms with Crippen LogP contribution in [0.25, 0.3) is 6.08 Å². The van der Waals surface area contributed by atoms with Gasteiger partial charge in [0.15, 0.2) is 6.61 Å². The largest absolute Gasteiger partial charge is 0.497 e. The molecule has 0 unspecified atom stereocenters. The van der Waals surface area contributed by atoms with Crippen molar-refractivity contribution in [2.45, 2.75) is 0 Å². The highest BCUT2D eigenvalue weighted by atomic mass is 35.5. The second-order valence-electron chi connectivity index (χ2n) is 5.22. The van der Waals surface area contributed by atoms with E-state index < -0.39 is 18.5 Å². The lowest BCUT2D eigenvalue weighted by Crippen LogP contribution is -2.20. The first kappa shape index (κ1) is 20.6. The van der Waals surface area contributed by atoms with E-state index in [0.717, 1.165) is 0 Å². The Morgan fingerprint density at radius 3 is 2.52 bits per heavy atom. The van der Waals surface area contributed by atoms with Gasteiger partial charge in [-0.05, 0) is 36.4 Å². The fourth-order valence-corrected chi connectivity index (χ4v) is 2.53. The molecular weight excluding hydrogens is 393 g/mol. The molecule has 1 amide bonds. The van der Waals surface area contributed by atoms with Gasteiger partial charge in [-0.3, -0.25) is 4.79 Å². The van der Waals surface area contributed by atoms with Gasteiger partial charge in [-0.25, -0.2) is 4.79 Å². The van der Waals surface area contributed by atoms with Crippen molar-refractivity contribution in [1.82, 2.24) is 0 Å². The van der Waals surface area contributed by atoms with Crippen molar-refractivity contribution in [3.63, 3.8) is 0 Å². The van der Waals surface area contributed by atoms with Gasteiger partial charge in [0, 0.05) is 22.7 Å². The van der Waals surface area contributed by atoms with Crippen LogP contribution < -0.4 is 14.8 Å². The summed E-state index contributed by atoms with van der Waals surface area (Å²) in [6, 6.07) is 9.79. The Morgan fingerprint density at radius 2 is 1.85 bits per heavy atom. The maximum absolute atomic E-state index is 11.9. The van der Waals surface area contributed by atoms with E-state index in [4.69, 9.17) is 37.4 Å². The summed E-state index contributed by atoms with van der Waals surface area (Å²) in [5.74, 6) is -0.0362. The number of hydrogen-bond acceptors (Lipinski definition) is 5. The van der Waals surface area contributed by atoms with Gasteiger partial charge in [0.05, 0.1) is 24.9 Å². The molecule has 1 N–H and O–H groups in total. The molecule has 2 aromatic carbocycles. The molecule has 0 spiro atoms. The standard InChI is InChI=1S/C19H17Cl2NO5/c1-25-14-6-3-12(17(10-14)26-2)4-8-19(24)27-11-18(23)22-16-7-5-13(20)9-15(16)21/h3-10H,11H2,1-2H3,(H,22,23)/b8-4+. The average molecular weight is 410 g/mol. The Bertz CT molecular complexity index is 867. The van der Waals surface area contributed by atoms with E-state index in [2.05, 4.69) is 5.32 Å². The summed E-state index contributed by atoms with van der Waals surface area (Å²) in [5.41, 5.74) is 1.04. The monoisotopic (exact) mass is 409 g/mol. The molecular formula is C19H17Cl2NO5. The predicted octanol–water partition coefficient (Wildman–Crippen LogP) is 4.21. The molecule has 0 heterocycles. The molecule has 0 aliphatic heterocycles. The van der Waals surface area contributed by atoms with E-state index in [0.29, 0.717) is 27.8 Å². The van der Waals surface area contributed by atoms with Crippen LogP contribution in [0.2, 0.25) is 10.0 Å². The van der Waals surface area contributed by atoms with E-state index in [9.17, 15) is 9.59 Å². The molecule has 0 saturated carbocycles. The highest BCUT2D eigenvalue weighted by molar-refractivity contribution is 6.36. The number of hydrogen-bond donors (Lipinski definition) is 1. The van der Waals surface area contributed by atoms with Crippen LogP contribution >= 0.6 is 23.2 Å². The zero-order chi connectivity index (χ0) is 19.8. The van der Waals surface area contributed by atoms with Crippen molar-refractivity contribution in [3.8, 4) is 11.5 Å². The van der Waals surface area contributed by atoms with Crippen molar-refractivity contribution in [3.05, 3.63) is 58.1 Å². The molecule has 27 heavy (non-hydrogen) atoms. The van der Waals surface area contributed by atoms with Crippen molar-refractivity contribution >= 4 is 46.8 Å². The number of ether oxygens (including phenoxy) is 3. The van der Waals surface area contributed by atoms with E-state index >= 15 is 0 Å². The maximum Gasteiger partial charge on any atom is 0.331 e. The maximum atomic E-state index is 11.9. The number of anilines is 1. The number of carbonyl (C=O) groups excluding carboxylic acids is 2. The van der Waals surface area contributed by atoms with Crippen molar-refractivity contribution in [2.75, 3.05) is 26.1 Å². The highest BCUT2D eigenvalue weighted by Gasteiger charge is 2.09. The predicted molar refractivity (Wildman–Crippen MR) is 105 cm³/mol. The van der Waals surface area contributed by atoms with Crippen LogP contribution in [0.15, 0.2) is 42.5 Å². The van der Waals surface area contributed by atoms with E-state index in [-0.39, 0.29) is 5.02 Å². The van der Waals surface area contributed by atoms with Crippen LogP contribution in [-0.2, 0) is 14.3 Å². The molecule has 0 fully saturated rings. The molecule has 6 nitrogen and oxygen atoms in total. The highest BCUT2D eigenvalue weighted by Crippen LogP contribution is 2.26. The number of methoxy groups -OCH3 is 2. The van der Waals surface area contributed by atoms with Gasteiger partial charge in [-0.15, -0.1) is 0 Å². The first-order chi connectivity index (χ1) is 12.9. The number of rotatable bonds is 7. The van der Waals surface area contributed by atoms with Gasteiger partial charge in [0.1, 0.15) is 11.5 Å². The summed E-state index contributed by atoms with van der Waals surface area (Å²) in [7, 11) is 3.06. The topological polar surface area (TPSA) is 73.9 Å². The van der Waals surface area contributed by atoms with Gasteiger partial charge < -0.3 is 19.5 Å². The third kappa shape index (κ3) is 6.20. The van der Waals surface area contributed by atoms with Crippen molar-refractivity contribution in [1.29, 1.82) is 0 Å². The zero-order valence-corrected chi connectivity index (χ0v) is 16.1. The minimum atomic E-state index is -0.676. The van der Waals surface area contributed by atoms with Gasteiger partial charge in [-0.1, -0.05) is 23.2 Å². The number of nitrogens with one attached hydrogen (secondary N) is 1. The van der Waals surface area contributed by atoms with Crippen LogP contribution in [0, 0.1) is 0 Å². The smallest absolute Gasteiger partial charge is 0.331 e. The first-order valence-corrected chi connectivity index (χ1v) is 8.50. The van der Waals surface area contributed by atoms with E-state index in [1.54, 1.807) is 37.4 Å². The number of esters is 1. The lowest BCUT2D eigenvalue weighted by Gasteiger charge is -2.08. The summed E-state index contributed by atoms with van der Waals surface area (Å²) in [5, 5.41) is 3.27. The van der Waals surface area contributed by atoms with Gasteiger partial charge in [-0.2, -0.15) is 0 Å². The van der Waals surface area contributed by atoms with Crippen molar-refractivity contribution < 1.29 is 23.8 Å². The Hall–Kier alpha value is -2.70. The minimum Gasteiger partial charge on any atom is -0.497 e. The number of carbonyl (C=O) groups is 2. The summed E-state index contributed by atoms with van der Waals surface area (Å²) >= 11 is 11.8. The normalized spacial score (nSPS) is 10.5. The molecule has 0 radical (unpaired) electrons. The molecule has 0 aliphatic rings. The Labute approximate surface area is 166 Å². The van der Waals surface area contributed by atoms with Crippen LogP contribution in [0.3, 0.4) is 0 Å². The van der Waals surface area contributed by atoms with Gasteiger partial charge in [0.2, 0.25) is 0 Å². The molecule has 0 aromatic heterocycles. The minimum absolute atomic E-state index is 0.286. The summed E-state index contributed by atoms with van der Waals surface area (Å²) < 4.78 is 15.3. The van der Waals surface area contributed by atoms with Crippen LogP contribution in [-0.4, -0.2) is 32.7 Å². The summed E-state index contributed by atoms with van der Waals surface area (Å²) in [6.07, 6.45) is 2.72. The third-order valence-electron chi connectivity index (χ3n) is 3.39. The molecule has 2 aromatic rings. The molecule has 142 valence electrons. The fraction of sp³-hybridized carbons (Fsp3) is 0.158. The zero-order valence-electron chi connectivity index (χ0n) is 14.6. The first-order valence-electron chi connectivity index (χ1n) is 7.74. The summed E-state index contributed by atoms with van der Waals surface area (Å²) in [4.78, 5) is 23.7. The fourth-order valence-electron chi connectivity index (χ4n) is 2.08. The summed E-state index contributed by atoms with van der Waals surface area (Å²) in [6.45, 7) is -0.456. The molecule has 0 bridgehead atoms. The quantitative estimate of drug-likeness (QED) is 0.547. The molecule has 0 saturated heterocycles. The van der Waals surface area contributed by atoms with E-state index in [1.165, 1.54) is 25.3 Å². The van der Waals surface area contributed by atoms with Crippen molar-refractivity contribution in [2.24, 2.45) is 0 Å². The SMILES string of the molecule is COc1ccc(/C=C/C(=O)OCC(=O)Nc2ccc(Cl)cc2Cl)c(OC)c1.